The molecule has 0 N–H and O–H groups in total. The molecule has 2 heteroatoms. The monoisotopic (exact) mass is 294 g/mol. The molecule has 0 unspecified atom stereocenters. The predicted molar refractivity (Wildman–Crippen MR) is 87.9 cm³/mol. The van der Waals surface area contributed by atoms with Crippen molar-refractivity contribution in [2.45, 2.75) is 51.0 Å². The molecule has 1 fully saturated rings. The minimum atomic E-state index is 0.0798. The molecule has 1 aromatic carbocycles. The van der Waals surface area contributed by atoms with E-state index in [1.54, 1.807) is 0 Å². The molecule has 1 aliphatic carbocycles. The number of ether oxygens (including phenoxy) is 1. The summed E-state index contributed by atoms with van der Waals surface area (Å²) in [7, 11) is 2.11. The van der Waals surface area contributed by atoms with Crippen molar-refractivity contribution in [3.8, 4) is 17.0 Å². The zero-order chi connectivity index (χ0) is 15.2. The molecule has 2 heterocycles. The van der Waals surface area contributed by atoms with Gasteiger partial charge in [0.25, 0.3) is 0 Å². The average Bonchev–Trinajstić information content (AvgIpc) is 2.87. The lowest BCUT2D eigenvalue weighted by Crippen LogP contribution is -2.36. The van der Waals surface area contributed by atoms with Crippen molar-refractivity contribution < 1.29 is 9.30 Å². The number of fused-ring (bicyclic) bond motifs is 1. The van der Waals surface area contributed by atoms with Gasteiger partial charge in [-0.2, -0.15) is 0 Å². The van der Waals surface area contributed by atoms with Crippen molar-refractivity contribution in [3.63, 3.8) is 0 Å². The van der Waals surface area contributed by atoms with E-state index in [0.717, 1.165) is 12.2 Å². The van der Waals surface area contributed by atoms with E-state index in [9.17, 15) is 0 Å². The maximum Gasteiger partial charge on any atom is 0.216 e. The summed E-state index contributed by atoms with van der Waals surface area (Å²) in [6.07, 6.45) is 9.59. The standard InChI is InChI=1S/C20H24NO/c1-15-9-10-16-14-20(11-5-3-6-12-20)22-19(16)18(15)17-8-4-7-13-21(17)2/h4,7-10,13H,3,5-6,11-12,14H2,1-2H3/q+1. The quantitative estimate of drug-likeness (QED) is 0.721. The van der Waals surface area contributed by atoms with Crippen LogP contribution in [0.5, 0.6) is 5.75 Å². The molecule has 0 amide bonds. The molecule has 1 aromatic heterocycles. The van der Waals surface area contributed by atoms with Crippen LogP contribution in [0.4, 0.5) is 0 Å². The summed E-state index contributed by atoms with van der Waals surface area (Å²) in [5.41, 5.74) is 5.30. The Morgan fingerprint density at radius 2 is 1.86 bits per heavy atom. The van der Waals surface area contributed by atoms with Crippen LogP contribution in [0.25, 0.3) is 11.3 Å². The molecule has 2 aliphatic rings. The van der Waals surface area contributed by atoms with Crippen molar-refractivity contribution in [3.05, 3.63) is 47.7 Å². The highest BCUT2D eigenvalue weighted by Gasteiger charge is 2.42. The molecule has 2 nitrogen and oxygen atoms in total. The number of aryl methyl sites for hydroxylation is 2. The molecule has 114 valence electrons. The molecule has 0 bridgehead atoms. The van der Waals surface area contributed by atoms with Gasteiger partial charge in [0, 0.05) is 18.6 Å². The molecule has 0 atom stereocenters. The second-order valence-electron chi connectivity index (χ2n) is 6.97. The van der Waals surface area contributed by atoms with Gasteiger partial charge in [-0.15, -0.1) is 0 Å². The minimum absolute atomic E-state index is 0.0798. The van der Waals surface area contributed by atoms with E-state index in [-0.39, 0.29) is 5.60 Å². The Kier molecular flexibility index (Phi) is 3.21. The van der Waals surface area contributed by atoms with Gasteiger partial charge >= 0.3 is 0 Å². The van der Waals surface area contributed by atoms with Gasteiger partial charge in [-0.25, -0.2) is 4.57 Å². The van der Waals surface area contributed by atoms with Crippen LogP contribution in [0.3, 0.4) is 0 Å². The number of aromatic nitrogens is 1. The van der Waals surface area contributed by atoms with E-state index in [0.29, 0.717) is 0 Å². The Morgan fingerprint density at radius 3 is 2.64 bits per heavy atom. The average molecular weight is 294 g/mol. The number of pyridine rings is 1. The summed E-state index contributed by atoms with van der Waals surface area (Å²) < 4.78 is 8.84. The van der Waals surface area contributed by atoms with Gasteiger partial charge < -0.3 is 4.74 Å². The maximum absolute atomic E-state index is 6.64. The van der Waals surface area contributed by atoms with E-state index >= 15 is 0 Å². The fourth-order valence-electron chi connectivity index (χ4n) is 4.16. The minimum Gasteiger partial charge on any atom is -0.486 e. The zero-order valence-corrected chi connectivity index (χ0v) is 13.6. The van der Waals surface area contributed by atoms with E-state index in [1.165, 1.54) is 54.5 Å². The van der Waals surface area contributed by atoms with E-state index < -0.39 is 0 Å². The van der Waals surface area contributed by atoms with Gasteiger partial charge in [0.1, 0.15) is 18.4 Å². The molecule has 2 aromatic rings. The summed E-state index contributed by atoms with van der Waals surface area (Å²) >= 11 is 0. The third-order valence-corrected chi connectivity index (χ3v) is 5.35. The van der Waals surface area contributed by atoms with Crippen LogP contribution in [0.15, 0.2) is 36.5 Å². The van der Waals surface area contributed by atoms with Gasteiger partial charge in [0.15, 0.2) is 6.20 Å². The first-order valence-corrected chi connectivity index (χ1v) is 8.45. The number of rotatable bonds is 1. The predicted octanol–water partition coefficient (Wildman–Crippen LogP) is 4.12. The van der Waals surface area contributed by atoms with Crippen molar-refractivity contribution in [1.82, 2.24) is 0 Å². The van der Waals surface area contributed by atoms with E-state index in [4.69, 9.17) is 4.74 Å². The zero-order valence-electron chi connectivity index (χ0n) is 13.6. The third-order valence-electron chi connectivity index (χ3n) is 5.35. The number of hydrogen-bond donors (Lipinski definition) is 0. The SMILES string of the molecule is Cc1ccc2c(c1-c1cccc[n+]1C)OC1(CCCCC1)C2. The normalized spacial score (nSPS) is 19.0. The molecule has 1 aliphatic heterocycles. The molecule has 1 saturated carbocycles. The Hall–Kier alpha value is -1.83. The van der Waals surface area contributed by atoms with Crippen molar-refractivity contribution >= 4 is 0 Å². The Bertz CT molecular complexity index is 714. The van der Waals surface area contributed by atoms with Crippen LogP contribution in [0.2, 0.25) is 0 Å². The molecule has 4 rings (SSSR count). The topological polar surface area (TPSA) is 13.1 Å². The summed E-state index contributed by atoms with van der Waals surface area (Å²) in [5.74, 6) is 1.14. The molecular formula is C20H24NO+. The first-order chi connectivity index (χ1) is 10.7. The first-order valence-electron chi connectivity index (χ1n) is 8.45. The van der Waals surface area contributed by atoms with Crippen LogP contribution < -0.4 is 9.30 Å². The Labute approximate surface area is 132 Å². The summed E-state index contributed by atoms with van der Waals surface area (Å²) in [6, 6.07) is 10.9. The van der Waals surface area contributed by atoms with Gasteiger partial charge in [0.05, 0.1) is 5.56 Å². The maximum atomic E-state index is 6.64. The summed E-state index contributed by atoms with van der Waals surface area (Å²) in [6.45, 7) is 2.19. The van der Waals surface area contributed by atoms with Crippen molar-refractivity contribution in [1.29, 1.82) is 0 Å². The smallest absolute Gasteiger partial charge is 0.216 e. The van der Waals surface area contributed by atoms with Crippen LogP contribution in [-0.4, -0.2) is 5.60 Å². The molecule has 1 spiro atoms. The second kappa shape index (κ2) is 5.12. The largest absolute Gasteiger partial charge is 0.486 e. The Morgan fingerprint density at radius 1 is 1.05 bits per heavy atom. The number of hydrogen-bond acceptors (Lipinski definition) is 1. The Balaban J connectivity index is 1.83. The first kappa shape index (κ1) is 13.8. The van der Waals surface area contributed by atoms with Gasteiger partial charge in [-0.05, 0) is 49.8 Å². The van der Waals surface area contributed by atoms with Gasteiger partial charge in [-0.1, -0.05) is 18.6 Å². The number of nitrogens with zero attached hydrogens (tertiary/aromatic N) is 1. The lowest BCUT2D eigenvalue weighted by atomic mass is 9.82. The fourth-order valence-corrected chi connectivity index (χ4v) is 4.16. The highest BCUT2D eigenvalue weighted by atomic mass is 16.5. The van der Waals surface area contributed by atoms with E-state index in [2.05, 4.69) is 55.1 Å². The van der Waals surface area contributed by atoms with Gasteiger partial charge in [-0.3, -0.25) is 0 Å². The number of benzene rings is 1. The highest BCUT2D eigenvalue weighted by Crippen LogP contribution is 2.48. The molecule has 0 saturated heterocycles. The lowest BCUT2D eigenvalue weighted by Gasteiger charge is -2.32. The molecule has 22 heavy (non-hydrogen) atoms. The molecular weight excluding hydrogens is 270 g/mol. The third kappa shape index (κ3) is 2.13. The van der Waals surface area contributed by atoms with Crippen molar-refractivity contribution in [2.75, 3.05) is 0 Å². The lowest BCUT2D eigenvalue weighted by molar-refractivity contribution is -0.660. The summed E-state index contributed by atoms with van der Waals surface area (Å²) in [5, 5.41) is 0. The van der Waals surface area contributed by atoms with Crippen LogP contribution in [-0.2, 0) is 13.5 Å². The van der Waals surface area contributed by atoms with E-state index in [1.807, 2.05) is 0 Å². The second-order valence-corrected chi connectivity index (χ2v) is 6.97. The summed E-state index contributed by atoms with van der Waals surface area (Å²) in [4.78, 5) is 0. The highest BCUT2D eigenvalue weighted by molar-refractivity contribution is 5.72. The fraction of sp³-hybridized carbons (Fsp3) is 0.450. The van der Waals surface area contributed by atoms with Crippen LogP contribution in [0.1, 0.15) is 43.2 Å². The molecule has 0 radical (unpaired) electrons. The van der Waals surface area contributed by atoms with Crippen molar-refractivity contribution in [2.24, 2.45) is 7.05 Å². The van der Waals surface area contributed by atoms with Gasteiger partial charge in [0.2, 0.25) is 5.69 Å². The van der Waals surface area contributed by atoms with Crippen LogP contribution >= 0.6 is 0 Å². The van der Waals surface area contributed by atoms with Crippen LogP contribution in [0, 0.1) is 6.92 Å².